The Kier molecular flexibility index (Phi) is 2.90. The first-order valence-corrected chi connectivity index (χ1v) is 4.09. The molecule has 0 spiro atoms. The highest BCUT2D eigenvalue weighted by molar-refractivity contribution is 5.65. The van der Waals surface area contributed by atoms with Crippen molar-refractivity contribution >= 4 is 12.1 Å². The van der Waals surface area contributed by atoms with Crippen LogP contribution in [0.4, 0.5) is 10.8 Å². The molecule has 4 N–H and O–H groups in total. The van der Waals surface area contributed by atoms with Gasteiger partial charge in [-0.05, 0) is 5.92 Å². The van der Waals surface area contributed by atoms with Crippen LogP contribution in [0.5, 0.6) is 0 Å². The Morgan fingerprint density at radius 2 is 2.21 bits per heavy atom. The zero-order chi connectivity index (χ0) is 10.7. The summed E-state index contributed by atoms with van der Waals surface area (Å²) in [6, 6.07) is -0.602. The van der Waals surface area contributed by atoms with Crippen LogP contribution in [-0.4, -0.2) is 21.4 Å². The van der Waals surface area contributed by atoms with Crippen LogP contribution in [0.15, 0.2) is 4.42 Å². The molecule has 1 heterocycles. The van der Waals surface area contributed by atoms with E-state index in [1.807, 2.05) is 13.8 Å². The second kappa shape index (κ2) is 3.95. The van der Waals surface area contributed by atoms with Gasteiger partial charge in [-0.1, -0.05) is 18.9 Å². The number of carboxylic acid groups (broad SMARTS) is 1. The molecule has 0 aliphatic rings. The summed E-state index contributed by atoms with van der Waals surface area (Å²) >= 11 is 0. The molecule has 1 aromatic rings. The van der Waals surface area contributed by atoms with Crippen LogP contribution in [0.3, 0.4) is 0 Å². The number of hydrogen-bond donors (Lipinski definition) is 3. The predicted molar refractivity (Wildman–Crippen MR) is 47.4 cm³/mol. The molecule has 0 fully saturated rings. The number of anilines is 1. The fourth-order valence-corrected chi connectivity index (χ4v) is 1.02. The number of amides is 1. The summed E-state index contributed by atoms with van der Waals surface area (Å²) in [5, 5.41) is 17.9. The highest BCUT2D eigenvalue weighted by Gasteiger charge is 2.23. The zero-order valence-electron chi connectivity index (χ0n) is 7.89. The van der Waals surface area contributed by atoms with Crippen molar-refractivity contribution in [1.82, 2.24) is 15.5 Å². The van der Waals surface area contributed by atoms with Crippen molar-refractivity contribution in [1.29, 1.82) is 0 Å². The number of aromatic nitrogens is 2. The quantitative estimate of drug-likeness (QED) is 0.658. The van der Waals surface area contributed by atoms with Crippen molar-refractivity contribution in [2.45, 2.75) is 19.9 Å². The summed E-state index contributed by atoms with van der Waals surface area (Å²) < 4.78 is 4.94. The van der Waals surface area contributed by atoms with Crippen molar-refractivity contribution in [3.05, 3.63) is 5.89 Å². The van der Waals surface area contributed by atoms with Crippen LogP contribution >= 0.6 is 0 Å². The van der Waals surface area contributed by atoms with Gasteiger partial charge in [0.15, 0.2) is 0 Å². The summed E-state index contributed by atoms with van der Waals surface area (Å²) in [5.41, 5.74) is 5.23. The number of rotatable bonds is 3. The SMILES string of the molecule is CC(C)[C@H](NC(=O)O)c1nnc(N)o1. The molecule has 0 saturated heterocycles. The van der Waals surface area contributed by atoms with Gasteiger partial charge in [-0.25, -0.2) is 4.79 Å². The third-order valence-corrected chi connectivity index (χ3v) is 1.67. The van der Waals surface area contributed by atoms with E-state index in [4.69, 9.17) is 15.3 Å². The van der Waals surface area contributed by atoms with E-state index in [2.05, 4.69) is 15.5 Å². The molecule has 0 aliphatic carbocycles. The van der Waals surface area contributed by atoms with Gasteiger partial charge in [0.1, 0.15) is 6.04 Å². The van der Waals surface area contributed by atoms with Gasteiger partial charge in [-0.15, -0.1) is 5.10 Å². The van der Waals surface area contributed by atoms with Crippen LogP contribution in [0.2, 0.25) is 0 Å². The van der Waals surface area contributed by atoms with Crippen molar-refractivity contribution in [3.63, 3.8) is 0 Å². The lowest BCUT2D eigenvalue weighted by atomic mass is 10.1. The van der Waals surface area contributed by atoms with Crippen molar-refractivity contribution < 1.29 is 14.3 Å². The van der Waals surface area contributed by atoms with E-state index in [0.717, 1.165) is 0 Å². The third-order valence-electron chi connectivity index (χ3n) is 1.67. The Morgan fingerprint density at radius 3 is 2.57 bits per heavy atom. The van der Waals surface area contributed by atoms with E-state index in [-0.39, 0.29) is 17.8 Å². The molecule has 14 heavy (non-hydrogen) atoms. The monoisotopic (exact) mass is 200 g/mol. The normalized spacial score (nSPS) is 12.8. The van der Waals surface area contributed by atoms with Crippen molar-refractivity contribution in [2.75, 3.05) is 5.73 Å². The number of carbonyl (C=O) groups is 1. The predicted octanol–water partition coefficient (Wildman–Crippen LogP) is 0.616. The molecule has 0 aromatic carbocycles. The maximum absolute atomic E-state index is 10.5. The average molecular weight is 200 g/mol. The minimum Gasteiger partial charge on any atom is -0.465 e. The Hall–Kier alpha value is -1.79. The molecule has 0 bridgehead atoms. The second-order valence-corrected chi connectivity index (χ2v) is 3.15. The molecule has 1 atom stereocenters. The lowest BCUT2D eigenvalue weighted by Crippen LogP contribution is -2.30. The topological polar surface area (TPSA) is 114 Å². The summed E-state index contributed by atoms with van der Waals surface area (Å²) in [4.78, 5) is 10.5. The average Bonchev–Trinajstić information content (AvgIpc) is 2.46. The highest BCUT2D eigenvalue weighted by Crippen LogP contribution is 2.20. The van der Waals surface area contributed by atoms with Crippen LogP contribution in [0.1, 0.15) is 25.8 Å². The summed E-state index contributed by atoms with van der Waals surface area (Å²) in [6.45, 7) is 3.67. The minimum absolute atomic E-state index is 0.00551. The lowest BCUT2D eigenvalue weighted by Gasteiger charge is -2.15. The number of nitrogens with two attached hydrogens (primary N) is 1. The molecule has 1 aromatic heterocycles. The first kappa shape index (κ1) is 10.3. The van der Waals surface area contributed by atoms with Gasteiger partial charge in [0, 0.05) is 0 Å². The van der Waals surface area contributed by atoms with Crippen LogP contribution in [0.25, 0.3) is 0 Å². The van der Waals surface area contributed by atoms with Crippen molar-refractivity contribution in [3.8, 4) is 0 Å². The Bertz CT molecular complexity index is 322. The summed E-state index contributed by atoms with van der Waals surface area (Å²) in [6.07, 6.45) is -1.14. The molecule has 7 nitrogen and oxygen atoms in total. The first-order valence-electron chi connectivity index (χ1n) is 4.09. The molecule has 1 amide bonds. The second-order valence-electron chi connectivity index (χ2n) is 3.15. The summed E-state index contributed by atoms with van der Waals surface area (Å²) in [7, 11) is 0. The number of nitrogen functional groups attached to an aromatic ring is 1. The highest BCUT2D eigenvalue weighted by atomic mass is 16.4. The van der Waals surface area contributed by atoms with E-state index in [1.165, 1.54) is 0 Å². The summed E-state index contributed by atoms with van der Waals surface area (Å²) in [5.74, 6) is 0.186. The van der Waals surface area contributed by atoms with Crippen LogP contribution in [0, 0.1) is 5.92 Å². The Balaban J connectivity index is 2.82. The number of hydrogen-bond acceptors (Lipinski definition) is 5. The molecule has 1 rings (SSSR count). The van der Waals surface area contributed by atoms with Gasteiger partial charge < -0.3 is 20.6 Å². The van der Waals surface area contributed by atoms with E-state index < -0.39 is 12.1 Å². The minimum atomic E-state index is -1.14. The van der Waals surface area contributed by atoms with Gasteiger partial charge in [-0.2, -0.15) is 0 Å². The molecule has 7 heteroatoms. The maximum Gasteiger partial charge on any atom is 0.405 e. The standard InChI is InChI=1S/C7H12N4O3/c1-3(2)4(9-7(12)13)5-10-11-6(8)14-5/h3-4,9H,1-2H3,(H2,8,11)(H,12,13)/t4-/m0/s1. The van der Waals surface area contributed by atoms with Crippen molar-refractivity contribution in [2.24, 2.45) is 5.92 Å². The van der Waals surface area contributed by atoms with E-state index in [9.17, 15) is 4.79 Å². The number of nitrogens with zero attached hydrogens (tertiary/aromatic N) is 2. The van der Waals surface area contributed by atoms with Gasteiger partial charge in [-0.3, -0.25) is 0 Å². The fraction of sp³-hybridized carbons (Fsp3) is 0.571. The van der Waals surface area contributed by atoms with E-state index in [1.54, 1.807) is 0 Å². The van der Waals surface area contributed by atoms with Gasteiger partial charge in [0.25, 0.3) is 0 Å². The Morgan fingerprint density at radius 1 is 1.57 bits per heavy atom. The number of nitrogens with one attached hydrogen (secondary N) is 1. The van der Waals surface area contributed by atoms with Crippen LogP contribution < -0.4 is 11.1 Å². The lowest BCUT2D eigenvalue weighted by molar-refractivity contribution is 0.182. The first-order chi connectivity index (χ1) is 6.50. The molecule has 0 saturated carbocycles. The molecule has 0 unspecified atom stereocenters. The molecule has 78 valence electrons. The molecule has 0 aliphatic heterocycles. The van der Waals surface area contributed by atoms with Gasteiger partial charge in [0.05, 0.1) is 0 Å². The maximum atomic E-state index is 10.5. The largest absolute Gasteiger partial charge is 0.465 e. The van der Waals surface area contributed by atoms with E-state index in [0.29, 0.717) is 0 Å². The smallest absolute Gasteiger partial charge is 0.405 e. The molecular weight excluding hydrogens is 188 g/mol. The Labute approximate surface area is 80.3 Å². The van der Waals surface area contributed by atoms with Gasteiger partial charge in [0.2, 0.25) is 5.89 Å². The molecule has 0 radical (unpaired) electrons. The molecular formula is C7H12N4O3. The third kappa shape index (κ3) is 2.35. The fourth-order valence-electron chi connectivity index (χ4n) is 1.02. The van der Waals surface area contributed by atoms with Gasteiger partial charge >= 0.3 is 12.1 Å². The van der Waals surface area contributed by atoms with E-state index >= 15 is 0 Å². The van der Waals surface area contributed by atoms with Crippen LogP contribution in [-0.2, 0) is 0 Å². The zero-order valence-corrected chi connectivity index (χ0v) is 7.89.